The van der Waals surface area contributed by atoms with Crippen LogP contribution >= 0.6 is 0 Å². The summed E-state index contributed by atoms with van der Waals surface area (Å²) >= 11 is 0. The molecule has 0 bridgehead atoms. The van der Waals surface area contributed by atoms with E-state index < -0.39 is 5.91 Å². The third-order valence-corrected chi connectivity index (χ3v) is 3.59. The molecule has 5 N–H and O–H groups in total. The first kappa shape index (κ1) is 13.6. The van der Waals surface area contributed by atoms with Crippen molar-refractivity contribution in [3.05, 3.63) is 17.8 Å². The Labute approximate surface area is 113 Å². The number of pyridine rings is 1. The van der Waals surface area contributed by atoms with Gasteiger partial charge in [0.05, 0.1) is 5.69 Å². The van der Waals surface area contributed by atoms with E-state index in [9.17, 15) is 4.79 Å². The highest BCUT2D eigenvalue weighted by molar-refractivity contribution is 5.91. The largest absolute Gasteiger partial charge is 0.396 e. The Morgan fingerprint density at radius 2 is 2.37 bits per heavy atom. The van der Waals surface area contributed by atoms with Gasteiger partial charge in [-0.15, -0.1) is 0 Å². The first-order chi connectivity index (χ1) is 9.11. The second-order valence-corrected chi connectivity index (χ2v) is 4.80. The number of primary amides is 1. The lowest BCUT2D eigenvalue weighted by atomic mass is 10.2. The van der Waals surface area contributed by atoms with Crippen LogP contribution in [0.25, 0.3) is 0 Å². The van der Waals surface area contributed by atoms with Gasteiger partial charge < -0.3 is 16.8 Å². The zero-order valence-corrected chi connectivity index (χ0v) is 11.2. The second kappa shape index (κ2) is 5.88. The predicted octanol–water partition coefficient (Wildman–Crippen LogP) is 0.659. The number of aromatic nitrogens is 1. The van der Waals surface area contributed by atoms with E-state index in [4.69, 9.17) is 11.5 Å². The van der Waals surface area contributed by atoms with Crippen molar-refractivity contribution in [1.82, 2.24) is 9.88 Å². The predicted molar refractivity (Wildman–Crippen MR) is 75.9 cm³/mol. The van der Waals surface area contributed by atoms with Crippen LogP contribution in [-0.4, -0.2) is 41.5 Å². The van der Waals surface area contributed by atoms with E-state index in [1.54, 1.807) is 6.07 Å². The maximum atomic E-state index is 11.1. The molecule has 0 aromatic carbocycles. The molecule has 1 fully saturated rings. The second-order valence-electron chi connectivity index (χ2n) is 4.80. The van der Waals surface area contributed by atoms with Crippen molar-refractivity contribution in [2.75, 3.05) is 30.7 Å². The number of amides is 1. The molecule has 0 spiro atoms. The van der Waals surface area contributed by atoms with Crippen LogP contribution in [0.4, 0.5) is 11.5 Å². The number of hydrogen-bond acceptors (Lipinski definition) is 5. The van der Waals surface area contributed by atoms with Gasteiger partial charge in [-0.05, 0) is 38.1 Å². The maximum Gasteiger partial charge on any atom is 0.267 e. The average Bonchev–Trinajstić information content (AvgIpc) is 2.85. The van der Waals surface area contributed by atoms with E-state index in [1.807, 2.05) is 0 Å². The van der Waals surface area contributed by atoms with Gasteiger partial charge in [0.1, 0.15) is 11.5 Å². The Kier molecular flexibility index (Phi) is 4.21. The number of carbonyl (C=O) groups is 1. The standard InChI is InChI=1S/C13H21N5O/c1-2-18-7-3-4-9(18)8-16-13-10(14)5-6-11(17-13)12(15)19/h5-6,9H,2-4,7-8,14H2,1H3,(H2,15,19)(H,16,17). The molecule has 1 amide bonds. The minimum atomic E-state index is -0.542. The van der Waals surface area contributed by atoms with Crippen molar-refractivity contribution in [2.45, 2.75) is 25.8 Å². The van der Waals surface area contributed by atoms with Gasteiger partial charge in [-0.1, -0.05) is 6.92 Å². The summed E-state index contributed by atoms with van der Waals surface area (Å²) in [5, 5.41) is 3.23. The van der Waals surface area contributed by atoms with E-state index in [2.05, 4.69) is 22.1 Å². The van der Waals surface area contributed by atoms with Gasteiger partial charge in [-0.3, -0.25) is 9.69 Å². The summed E-state index contributed by atoms with van der Waals surface area (Å²) in [4.78, 5) is 17.7. The fraction of sp³-hybridized carbons (Fsp3) is 0.538. The van der Waals surface area contributed by atoms with Gasteiger partial charge in [0.15, 0.2) is 0 Å². The van der Waals surface area contributed by atoms with E-state index in [1.165, 1.54) is 18.9 Å². The molecule has 0 radical (unpaired) electrons. The van der Waals surface area contributed by atoms with Crippen molar-refractivity contribution in [1.29, 1.82) is 0 Å². The van der Waals surface area contributed by atoms with E-state index in [0.29, 0.717) is 17.5 Å². The molecule has 19 heavy (non-hydrogen) atoms. The molecule has 1 aromatic rings. The molecule has 2 heterocycles. The number of anilines is 2. The van der Waals surface area contributed by atoms with Crippen LogP contribution in [0.5, 0.6) is 0 Å². The number of nitrogen functional groups attached to an aromatic ring is 1. The molecule has 0 aliphatic carbocycles. The summed E-state index contributed by atoms with van der Waals surface area (Å²) in [6.07, 6.45) is 2.40. The summed E-state index contributed by atoms with van der Waals surface area (Å²) in [5.74, 6) is -0.00152. The first-order valence-electron chi connectivity index (χ1n) is 6.66. The zero-order valence-electron chi connectivity index (χ0n) is 11.2. The van der Waals surface area contributed by atoms with Crippen LogP contribution in [0.2, 0.25) is 0 Å². The lowest BCUT2D eigenvalue weighted by molar-refractivity contribution is 0.0996. The highest BCUT2D eigenvalue weighted by Crippen LogP contribution is 2.19. The third kappa shape index (κ3) is 3.14. The first-order valence-corrected chi connectivity index (χ1v) is 6.66. The summed E-state index contributed by atoms with van der Waals surface area (Å²) in [6.45, 7) is 5.15. The number of nitrogens with two attached hydrogens (primary N) is 2. The highest BCUT2D eigenvalue weighted by atomic mass is 16.1. The van der Waals surface area contributed by atoms with Gasteiger partial charge in [0.25, 0.3) is 5.91 Å². The van der Waals surface area contributed by atoms with Crippen molar-refractivity contribution >= 4 is 17.4 Å². The monoisotopic (exact) mass is 263 g/mol. The van der Waals surface area contributed by atoms with E-state index in [-0.39, 0.29) is 5.69 Å². The summed E-state index contributed by atoms with van der Waals surface area (Å²) in [6, 6.07) is 3.70. The van der Waals surface area contributed by atoms with Crippen molar-refractivity contribution < 1.29 is 4.79 Å². The quantitative estimate of drug-likeness (QED) is 0.725. The van der Waals surface area contributed by atoms with Gasteiger partial charge in [0.2, 0.25) is 0 Å². The summed E-state index contributed by atoms with van der Waals surface area (Å²) in [5.41, 5.74) is 11.8. The number of likely N-dealkylation sites (N-methyl/N-ethyl adjacent to an activating group) is 1. The summed E-state index contributed by atoms with van der Waals surface area (Å²) < 4.78 is 0. The van der Waals surface area contributed by atoms with Crippen LogP contribution in [0, 0.1) is 0 Å². The van der Waals surface area contributed by atoms with Gasteiger partial charge in [-0.25, -0.2) is 4.98 Å². The molecular formula is C13H21N5O. The van der Waals surface area contributed by atoms with Crippen molar-refractivity contribution in [3.8, 4) is 0 Å². The maximum absolute atomic E-state index is 11.1. The van der Waals surface area contributed by atoms with Crippen molar-refractivity contribution in [3.63, 3.8) is 0 Å². The molecule has 6 heteroatoms. The number of nitrogens with zero attached hydrogens (tertiary/aromatic N) is 2. The van der Waals surface area contributed by atoms with Gasteiger partial charge in [-0.2, -0.15) is 0 Å². The Balaban J connectivity index is 2.02. The number of likely N-dealkylation sites (tertiary alicyclic amines) is 1. The Hall–Kier alpha value is -1.82. The topological polar surface area (TPSA) is 97.3 Å². The van der Waals surface area contributed by atoms with Crippen LogP contribution in [-0.2, 0) is 0 Å². The number of carbonyl (C=O) groups excluding carboxylic acids is 1. The minimum Gasteiger partial charge on any atom is -0.396 e. The highest BCUT2D eigenvalue weighted by Gasteiger charge is 2.22. The molecule has 1 aliphatic rings. The van der Waals surface area contributed by atoms with Crippen LogP contribution < -0.4 is 16.8 Å². The van der Waals surface area contributed by atoms with E-state index >= 15 is 0 Å². The molecule has 6 nitrogen and oxygen atoms in total. The minimum absolute atomic E-state index is 0.232. The molecule has 1 aliphatic heterocycles. The number of hydrogen-bond donors (Lipinski definition) is 3. The number of rotatable bonds is 5. The smallest absolute Gasteiger partial charge is 0.267 e. The molecule has 1 saturated heterocycles. The Bertz CT molecular complexity index is 462. The normalized spacial score (nSPS) is 19.5. The van der Waals surface area contributed by atoms with E-state index in [0.717, 1.165) is 19.6 Å². The van der Waals surface area contributed by atoms with Gasteiger partial charge in [0, 0.05) is 12.6 Å². The van der Waals surface area contributed by atoms with Crippen molar-refractivity contribution in [2.24, 2.45) is 5.73 Å². The molecular weight excluding hydrogens is 242 g/mol. The fourth-order valence-corrected chi connectivity index (χ4v) is 2.51. The molecule has 104 valence electrons. The Morgan fingerprint density at radius 3 is 3.05 bits per heavy atom. The summed E-state index contributed by atoms with van der Waals surface area (Å²) in [7, 11) is 0. The molecule has 2 rings (SSSR count). The van der Waals surface area contributed by atoms with Gasteiger partial charge >= 0.3 is 0 Å². The van der Waals surface area contributed by atoms with Crippen LogP contribution in [0.3, 0.4) is 0 Å². The Morgan fingerprint density at radius 1 is 1.58 bits per heavy atom. The zero-order chi connectivity index (χ0) is 13.8. The molecule has 1 aromatic heterocycles. The fourth-order valence-electron chi connectivity index (χ4n) is 2.51. The average molecular weight is 263 g/mol. The molecule has 1 unspecified atom stereocenters. The molecule has 1 atom stereocenters. The van der Waals surface area contributed by atoms with Crippen LogP contribution in [0.1, 0.15) is 30.3 Å². The number of nitrogens with one attached hydrogen (secondary N) is 1. The third-order valence-electron chi connectivity index (χ3n) is 3.59. The lowest BCUT2D eigenvalue weighted by Crippen LogP contribution is -2.35. The van der Waals surface area contributed by atoms with Crippen LogP contribution in [0.15, 0.2) is 12.1 Å². The lowest BCUT2D eigenvalue weighted by Gasteiger charge is -2.23. The molecule has 0 saturated carbocycles. The SMILES string of the molecule is CCN1CCCC1CNc1nc(C(N)=O)ccc1N.